The zero-order chi connectivity index (χ0) is 10.8. The Morgan fingerprint density at radius 3 is 2.73 bits per heavy atom. The zero-order valence-corrected chi connectivity index (χ0v) is 10.7. The molecule has 15 heavy (non-hydrogen) atoms. The average molecular weight is 314 g/mol. The highest BCUT2D eigenvalue weighted by Crippen LogP contribution is 2.13. The van der Waals surface area contributed by atoms with E-state index in [0.29, 0.717) is 0 Å². The third-order valence-electron chi connectivity index (χ3n) is 2.01. The maximum Gasteiger partial charge on any atom is 0.130 e. The highest BCUT2D eigenvalue weighted by molar-refractivity contribution is 14.1. The van der Waals surface area contributed by atoms with Gasteiger partial charge in [0.15, 0.2) is 0 Å². The Morgan fingerprint density at radius 1 is 1.33 bits per heavy atom. The largest absolute Gasteiger partial charge is 0.363 e. The molecule has 2 heterocycles. The average Bonchev–Trinajstić information content (AvgIpc) is 2.65. The van der Waals surface area contributed by atoms with Crippen molar-refractivity contribution in [3.8, 4) is 5.69 Å². The zero-order valence-electron chi connectivity index (χ0n) is 8.55. The standard InChI is InChI=1S/C10H11IN4/c1-14(2)10-7-8(3-5-12-10)15-6-4-9(11)13-15/h3-7H,1-2H3. The van der Waals surface area contributed by atoms with Crippen LogP contribution in [0.5, 0.6) is 0 Å². The summed E-state index contributed by atoms with van der Waals surface area (Å²) >= 11 is 2.19. The maximum atomic E-state index is 4.34. The first-order chi connectivity index (χ1) is 7.16. The molecule has 2 rings (SSSR count). The van der Waals surface area contributed by atoms with Crippen molar-refractivity contribution in [2.45, 2.75) is 0 Å². The molecular formula is C10H11IN4. The van der Waals surface area contributed by atoms with Gasteiger partial charge in [-0.25, -0.2) is 9.67 Å². The van der Waals surface area contributed by atoms with Crippen LogP contribution < -0.4 is 4.90 Å². The Bertz CT molecular complexity index is 464. The van der Waals surface area contributed by atoms with E-state index in [4.69, 9.17) is 0 Å². The summed E-state index contributed by atoms with van der Waals surface area (Å²) in [6.07, 6.45) is 3.73. The number of nitrogens with zero attached hydrogens (tertiary/aromatic N) is 4. The minimum absolute atomic E-state index is 0.929. The summed E-state index contributed by atoms with van der Waals surface area (Å²) in [5, 5.41) is 4.34. The SMILES string of the molecule is CN(C)c1cc(-n2ccc(I)n2)ccn1. The smallest absolute Gasteiger partial charge is 0.130 e. The van der Waals surface area contributed by atoms with Gasteiger partial charge in [0.05, 0.1) is 5.69 Å². The first-order valence-electron chi connectivity index (χ1n) is 4.52. The fourth-order valence-corrected chi connectivity index (χ4v) is 1.63. The second-order valence-electron chi connectivity index (χ2n) is 3.35. The van der Waals surface area contributed by atoms with Gasteiger partial charge in [0.25, 0.3) is 0 Å². The lowest BCUT2D eigenvalue weighted by Crippen LogP contribution is -2.11. The topological polar surface area (TPSA) is 34.0 Å². The van der Waals surface area contributed by atoms with Crippen molar-refractivity contribution in [2.75, 3.05) is 19.0 Å². The van der Waals surface area contributed by atoms with Crippen LogP contribution in [0.15, 0.2) is 30.6 Å². The summed E-state index contributed by atoms with van der Waals surface area (Å²) < 4.78 is 2.83. The fraction of sp³-hybridized carbons (Fsp3) is 0.200. The number of rotatable bonds is 2. The van der Waals surface area contributed by atoms with Crippen LogP contribution in [0.1, 0.15) is 0 Å². The van der Waals surface area contributed by atoms with Crippen molar-refractivity contribution in [1.29, 1.82) is 0 Å². The molecule has 2 aromatic heterocycles. The minimum atomic E-state index is 0.929. The van der Waals surface area contributed by atoms with E-state index in [0.717, 1.165) is 15.2 Å². The van der Waals surface area contributed by atoms with Gasteiger partial charge in [0, 0.05) is 32.6 Å². The Labute approximate surface area is 102 Å². The first kappa shape index (κ1) is 10.4. The molecule has 0 saturated carbocycles. The molecule has 0 aliphatic rings. The van der Waals surface area contributed by atoms with E-state index in [9.17, 15) is 0 Å². The predicted molar refractivity (Wildman–Crippen MR) is 68.4 cm³/mol. The summed E-state index contributed by atoms with van der Waals surface area (Å²) in [7, 11) is 3.94. The van der Waals surface area contributed by atoms with Crippen LogP contribution in [0.4, 0.5) is 5.82 Å². The molecule has 78 valence electrons. The Hall–Kier alpha value is -1.11. The molecule has 0 aromatic carbocycles. The lowest BCUT2D eigenvalue weighted by molar-refractivity contribution is 0.864. The van der Waals surface area contributed by atoms with Gasteiger partial charge in [0.1, 0.15) is 9.52 Å². The second-order valence-corrected chi connectivity index (χ2v) is 4.45. The Balaban J connectivity index is 2.41. The van der Waals surface area contributed by atoms with E-state index in [1.54, 1.807) is 6.20 Å². The monoisotopic (exact) mass is 314 g/mol. The van der Waals surface area contributed by atoms with Gasteiger partial charge in [-0.15, -0.1) is 0 Å². The van der Waals surface area contributed by atoms with Gasteiger partial charge in [-0.3, -0.25) is 0 Å². The molecule has 0 saturated heterocycles. The van der Waals surface area contributed by atoms with Crippen molar-refractivity contribution in [3.63, 3.8) is 0 Å². The van der Waals surface area contributed by atoms with Crippen LogP contribution in [0.25, 0.3) is 5.69 Å². The molecule has 0 unspecified atom stereocenters. The van der Waals surface area contributed by atoms with Crippen LogP contribution >= 0.6 is 22.6 Å². The van der Waals surface area contributed by atoms with Crippen molar-refractivity contribution >= 4 is 28.4 Å². The van der Waals surface area contributed by atoms with Gasteiger partial charge in [0.2, 0.25) is 0 Å². The Morgan fingerprint density at radius 2 is 2.13 bits per heavy atom. The van der Waals surface area contributed by atoms with E-state index in [2.05, 4.69) is 32.7 Å². The van der Waals surface area contributed by atoms with E-state index in [1.807, 2.05) is 48.1 Å². The molecule has 0 amide bonds. The molecule has 2 aromatic rings. The van der Waals surface area contributed by atoms with Crippen LogP contribution in [0.3, 0.4) is 0 Å². The van der Waals surface area contributed by atoms with E-state index in [-0.39, 0.29) is 0 Å². The molecule has 4 nitrogen and oxygen atoms in total. The molecule has 0 bridgehead atoms. The van der Waals surface area contributed by atoms with Crippen molar-refractivity contribution in [1.82, 2.24) is 14.8 Å². The highest BCUT2D eigenvalue weighted by Gasteiger charge is 2.02. The summed E-state index contributed by atoms with van der Waals surface area (Å²) in [6.45, 7) is 0. The third-order valence-corrected chi connectivity index (χ3v) is 2.58. The minimum Gasteiger partial charge on any atom is -0.363 e. The van der Waals surface area contributed by atoms with Gasteiger partial charge >= 0.3 is 0 Å². The summed E-state index contributed by atoms with van der Waals surface area (Å²) in [4.78, 5) is 6.22. The lowest BCUT2D eigenvalue weighted by Gasteiger charge is -2.11. The quantitative estimate of drug-likeness (QED) is 0.795. The predicted octanol–water partition coefficient (Wildman–Crippen LogP) is 1.94. The van der Waals surface area contributed by atoms with Gasteiger partial charge < -0.3 is 4.90 Å². The molecule has 0 atom stereocenters. The highest BCUT2D eigenvalue weighted by atomic mass is 127. The third kappa shape index (κ3) is 2.28. The number of pyridine rings is 1. The number of hydrogen-bond donors (Lipinski definition) is 0. The normalized spacial score (nSPS) is 10.3. The molecule has 0 N–H and O–H groups in total. The van der Waals surface area contributed by atoms with Crippen LogP contribution in [0.2, 0.25) is 0 Å². The number of hydrogen-bond acceptors (Lipinski definition) is 3. The number of halogens is 1. The second kappa shape index (κ2) is 4.18. The summed E-state index contributed by atoms with van der Waals surface area (Å²) in [6, 6.07) is 5.91. The molecule has 0 spiro atoms. The lowest BCUT2D eigenvalue weighted by atomic mass is 10.4. The van der Waals surface area contributed by atoms with E-state index in [1.165, 1.54) is 0 Å². The molecule has 0 radical (unpaired) electrons. The maximum absolute atomic E-state index is 4.34. The Kier molecular flexibility index (Phi) is 2.90. The summed E-state index contributed by atoms with van der Waals surface area (Å²) in [5.41, 5.74) is 1.02. The van der Waals surface area contributed by atoms with Crippen LogP contribution in [0, 0.1) is 3.70 Å². The van der Waals surface area contributed by atoms with Gasteiger partial charge in [-0.2, -0.15) is 5.10 Å². The molecule has 0 aliphatic carbocycles. The molecule has 0 fully saturated rings. The molecule has 0 aliphatic heterocycles. The van der Waals surface area contributed by atoms with Crippen molar-refractivity contribution < 1.29 is 0 Å². The fourth-order valence-electron chi connectivity index (χ4n) is 1.24. The molecular weight excluding hydrogens is 303 g/mol. The van der Waals surface area contributed by atoms with Gasteiger partial charge in [-0.05, 0) is 34.7 Å². The van der Waals surface area contributed by atoms with Gasteiger partial charge in [-0.1, -0.05) is 0 Å². The van der Waals surface area contributed by atoms with E-state index < -0.39 is 0 Å². The number of anilines is 1. The molecule has 5 heteroatoms. The van der Waals surface area contributed by atoms with Crippen LogP contribution in [-0.4, -0.2) is 28.9 Å². The van der Waals surface area contributed by atoms with Crippen molar-refractivity contribution in [2.24, 2.45) is 0 Å². The van der Waals surface area contributed by atoms with Crippen molar-refractivity contribution in [3.05, 3.63) is 34.3 Å². The first-order valence-corrected chi connectivity index (χ1v) is 5.59. The number of aromatic nitrogens is 3. The summed E-state index contributed by atoms with van der Waals surface area (Å²) in [5.74, 6) is 0.929. The van der Waals surface area contributed by atoms with Crippen LogP contribution in [-0.2, 0) is 0 Å². The van der Waals surface area contributed by atoms with E-state index >= 15 is 0 Å².